The Morgan fingerprint density at radius 2 is 1.94 bits per heavy atom. The summed E-state index contributed by atoms with van der Waals surface area (Å²) in [6.07, 6.45) is 10.2. The maximum Gasteiger partial charge on any atom is 0.204 e. The van der Waals surface area contributed by atoms with Crippen molar-refractivity contribution in [2.75, 3.05) is 0 Å². The monoisotopic (exact) mass is 422 g/mol. The van der Waals surface area contributed by atoms with Crippen LogP contribution in [0.15, 0.2) is 79.0 Å². The van der Waals surface area contributed by atoms with Crippen LogP contribution in [0.4, 0.5) is 4.39 Å². The molecule has 1 amide bonds. The molecule has 31 heavy (non-hydrogen) atoms. The maximum absolute atomic E-state index is 12.7. The molecule has 164 valence electrons. The highest BCUT2D eigenvalue weighted by Gasteiger charge is 2.04. The van der Waals surface area contributed by atoms with Crippen LogP contribution in [0.3, 0.4) is 0 Å². The number of carbonyl (C=O) groups is 1. The second-order valence-electron chi connectivity index (χ2n) is 6.33. The first-order valence-electron chi connectivity index (χ1n) is 9.67. The molecule has 0 saturated heterocycles. The molecular weight excluding hydrogens is 391 g/mol. The van der Waals surface area contributed by atoms with Crippen molar-refractivity contribution in [3.8, 4) is 11.3 Å². The lowest BCUT2D eigenvalue weighted by molar-refractivity contribution is -0.106. The molecule has 0 fully saturated rings. The zero-order chi connectivity index (χ0) is 23.8. The van der Waals surface area contributed by atoms with Gasteiger partial charge in [-0.15, -0.1) is 0 Å². The zero-order valence-electron chi connectivity index (χ0n) is 18.7. The minimum atomic E-state index is -0.354. The van der Waals surface area contributed by atoms with Crippen LogP contribution < -0.4 is 5.73 Å². The van der Waals surface area contributed by atoms with Crippen molar-refractivity contribution in [3.63, 3.8) is 0 Å². The lowest BCUT2D eigenvalue weighted by atomic mass is 10.0. The summed E-state index contributed by atoms with van der Waals surface area (Å²) in [5, 5.41) is 6.89. The number of carbonyl (C=O) groups excluding carboxylic acids is 1. The lowest BCUT2D eigenvalue weighted by Crippen LogP contribution is -1.92. The Morgan fingerprint density at radius 3 is 2.39 bits per heavy atom. The van der Waals surface area contributed by atoms with E-state index < -0.39 is 0 Å². The van der Waals surface area contributed by atoms with Crippen molar-refractivity contribution in [3.05, 3.63) is 95.8 Å². The lowest BCUT2D eigenvalue weighted by Gasteiger charge is -2.07. The van der Waals surface area contributed by atoms with Gasteiger partial charge >= 0.3 is 0 Å². The van der Waals surface area contributed by atoms with Crippen LogP contribution in [0.2, 0.25) is 0 Å². The number of hydrogen-bond acceptors (Lipinski definition) is 4. The molecule has 2 heterocycles. The minimum Gasteiger partial charge on any atom is -0.372 e. The van der Waals surface area contributed by atoms with Gasteiger partial charge in [0.1, 0.15) is 5.83 Å². The largest absolute Gasteiger partial charge is 0.372 e. The normalized spacial score (nSPS) is 10.6. The van der Waals surface area contributed by atoms with Gasteiger partial charge in [-0.2, -0.15) is 0 Å². The number of pyridine rings is 2. The molecule has 2 aromatic heterocycles. The first-order chi connectivity index (χ1) is 14.8. The summed E-state index contributed by atoms with van der Waals surface area (Å²) >= 11 is 0. The fraction of sp³-hybridized carbons (Fsp3) is 0.200. The molecular formula is C25H31FN4O. The van der Waals surface area contributed by atoms with E-state index in [0.717, 1.165) is 29.6 Å². The summed E-state index contributed by atoms with van der Waals surface area (Å²) in [5.74, 6) is -0.354. The Hall–Kier alpha value is -3.67. The van der Waals surface area contributed by atoms with E-state index in [-0.39, 0.29) is 12.2 Å². The van der Waals surface area contributed by atoms with Gasteiger partial charge in [0.15, 0.2) is 0 Å². The molecule has 5 nitrogen and oxygen atoms in total. The number of amides is 1. The molecule has 0 bridgehead atoms. The van der Waals surface area contributed by atoms with E-state index in [1.165, 1.54) is 29.4 Å². The van der Waals surface area contributed by atoms with Gasteiger partial charge in [0.2, 0.25) is 6.41 Å². The highest BCUT2D eigenvalue weighted by molar-refractivity contribution is 5.82. The Bertz CT molecular complexity index is 962. The average molecular weight is 423 g/mol. The van der Waals surface area contributed by atoms with Crippen LogP contribution in [0.5, 0.6) is 0 Å². The second-order valence-corrected chi connectivity index (χ2v) is 6.33. The van der Waals surface area contributed by atoms with Crippen molar-refractivity contribution in [2.24, 2.45) is 5.73 Å². The number of nitrogens with two attached hydrogens (primary N) is 1. The summed E-state index contributed by atoms with van der Waals surface area (Å²) in [6, 6.07) is 6.28. The molecule has 3 N–H and O–H groups in total. The number of rotatable bonds is 6. The Balaban J connectivity index is 0.000000535. The fourth-order valence-electron chi connectivity index (χ4n) is 2.42. The van der Waals surface area contributed by atoms with Crippen LogP contribution in [0.1, 0.15) is 30.7 Å². The SMILES string of the molecule is C=C/C(=C\C(F)=C/C)C(=C)C=N.CCc1cnc(-c2ccnc(C)c2)c(C)c1.NC=O. The summed E-state index contributed by atoms with van der Waals surface area (Å²) in [7, 11) is 0. The molecule has 6 heteroatoms. The fourth-order valence-corrected chi connectivity index (χ4v) is 2.42. The van der Waals surface area contributed by atoms with Crippen LogP contribution in [-0.4, -0.2) is 22.6 Å². The number of halogens is 1. The van der Waals surface area contributed by atoms with E-state index in [9.17, 15) is 4.39 Å². The van der Waals surface area contributed by atoms with Crippen LogP contribution in [0, 0.1) is 19.3 Å². The van der Waals surface area contributed by atoms with Crippen molar-refractivity contribution >= 4 is 12.6 Å². The maximum atomic E-state index is 12.7. The Morgan fingerprint density at radius 1 is 1.29 bits per heavy atom. The van der Waals surface area contributed by atoms with Crippen LogP contribution >= 0.6 is 0 Å². The topological polar surface area (TPSA) is 92.7 Å². The molecule has 0 aliphatic heterocycles. The molecule has 0 spiro atoms. The minimum absolute atomic E-state index is 0.250. The number of hydrogen-bond donors (Lipinski definition) is 2. The molecule has 0 aliphatic rings. The van der Waals surface area contributed by atoms with E-state index in [1.807, 2.05) is 25.4 Å². The molecule has 0 unspecified atom stereocenters. The van der Waals surface area contributed by atoms with E-state index >= 15 is 0 Å². The van der Waals surface area contributed by atoms with E-state index in [4.69, 9.17) is 10.2 Å². The first-order valence-corrected chi connectivity index (χ1v) is 9.67. The summed E-state index contributed by atoms with van der Waals surface area (Å²) in [6.45, 7) is 14.9. The third-order valence-electron chi connectivity index (χ3n) is 4.05. The van der Waals surface area contributed by atoms with Gasteiger partial charge in [-0.3, -0.25) is 14.8 Å². The first kappa shape index (κ1) is 27.3. The number of nitrogens with zero attached hydrogens (tertiary/aromatic N) is 2. The summed E-state index contributed by atoms with van der Waals surface area (Å²) < 4.78 is 12.7. The van der Waals surface area contributed by atoms with Crippen LogP contribution in [0.25, 0.3) is 11.3 Å². The quantitative estimate of drug-likeness (QED) is 0.360. The summed E-state index contributed by atoms with van der Waals surface area (Å²) in [5.41, 5.74) is 10.9. The van der Waals surface area contributed by atoms with Gasteiger partial charge in [0.05, 0.1) is 5.69 Å². The number of primary amides is 1. The molecule has 0 radical (unpaired) electrons. The third kappa shape index (κ3) is 10.1. The molecule has 0 saturated carbocycles. The zero-order valence-corrected chi connectivity index (χ0v) is 18.7. The molecule has 2 rings (SSSR count). The van der Waals surface area contributed by atoms with Gasteiger partial charge < -0.3 is 11.1 Å². The number of allylic oxidation sites excluding steroid dienone is 6. The highest BCUT2D eigenvalue weighted by Crippen LogP contribution is 2.21. The van der Waals surface area contributed by atoms with Crippen LogP contribution in [-0.2, 0) is 11.2 Å². The average Bonchev–Trinajstić information content (AvgIpc) is 2.77. The van der Waals surface area contributed by atoms with E-state index in [1.54, 1.807) is 6.92 Å². The summed E-state index contributed by atoms with van der Waals surface area (Å²) in [4.78, 5) is 17.3. The van der Waals surface area contributed by atoms with Gasteiger partial charge in [0, 0.05) is 29.9 Å². The predicted molar refractivity (Wildman–Crippen MR) is 128 cm³/mol. The predicted octanol–water partition coefficient (Wildman–Crippen LogP) is 5.60. The van der Waals surface area contributed by atoms with Gasteiger partial charge in [-0.25, -0.2) is 4.39 Å². The van der Waals surface area contributed by atoms with E-state index in [2.05, 4.69) is 54.8 Å². The molecule has 0 atom stereocenters. The van der Waals surface area contributed by atoms with Gasteiger partial charge in [-0.05, 0) is 67.7 Å². The number of nitrogens with one attached hydrogen (secondary N) is 1. The Kier molecular flexibility index (Phi) is 13.4. The van der Waals surface area contributed by atoms with Crippen molar-refractivity contribution in [2.45, 2.75) is 34.1 Å². The third-order valence-corrected chi connectivity index (χ3v) is 4.05. The second kappa shape index (κ2) is 15.2. The number of aromatic nitrogens is 2. The standard InChI is InChI=1S/C14H16N2.C10H12FN.CH3NO/c1-4-12-7-10(2)14(16-9-12)13-5-6-15-11(3)8-13;1-4-9(8(3)7-12)6-10(11)5-2;2-1-3/h5-9H,4H2,1-3H3;4-7,12H,1,3H2,2H3;1H,(H2,2,3)/b;9-6+,10-5+,12-7?;. The van der Waals surface area contributed by atoms with Crippen molar-refractivity contribution in [1.82, 2.24) is 9.97 Å². The molecule has 2 aromatic rings. The van der Waals surface area contributed by atoms with Crippen molar-refractivity contribution < 1.29 is 9.18 Å². The van der Waals surface area contributed by atoms with Gasteiger partial charge in [0.25, 0.3) is 0 Å². The molecule has 0 aliphatic carbocycles. The molecule has 0 aromatic carbocycles. The smallest absolute Gasteiger partial charge is 0.204 e. The highest BCUT2D eigenvalue weighted by atomic mass is 19.1. The number of aryl methyl sites for hydroxylation is 3. The van der Waals surface area contributed by atoms with Crippen molar-refractivity contribution in [1.29, 1.82) is 5.41 Å². The van der Waals surface area contributed by atoms with E-state index in [0.29, 0.717) is 11.1 Å². The Labute approximate surface area is 184 Å². The van der Waals surface area contributed by atoms with Gasteiger partial charge in [-0.1, -0.05) is 38.3 Å².